The molecule has 0 radical (unpaired) electrons. The number of amides is 3. The molecule has 122 valence electrons. The van der Waals surface area contributed by atoms with Gasteiger partial charge in [0, 0.05) is 25.6 Å². The van der Waals surface area contributed by atoms with Crippen molar-refractivity contribution in [1.29, 1.82) is 0 Å². The van der Waals surface area contributed by atoms with Gasteiger partial charge in [-0.2, -0.15) is 0 Å². The van der Waals surface area contributed by atoms with Gasteiger partial charge < -0.3 is 9.64 Å². The number of cyclic esters (lactones) is 1. The molecule has 1 aromatic carbocycles. The van der Waals surface area contributed by atoms with Crippen LogP contribution in [0.5, 0.6) is 0 Å². The zero-order chi connectivity index (χ0) is 16.7. The second-order valence-electron chi connectivity index (χ2n) is 5.88. The Labute approximate surface area is 137 Å². The molecule has 0 aliphatic carbocycles. The van der Waals surface area contributed by atoms with Gasteiger partial charge in [-0.3, -0.25) is 14.6 Å². The Bertz CT molecular complexity index is 831. The van der Waals surface area contributed by atoms with Crippen LogP contribution in [0.2, 0.25) is 0 Å². The van der Waals surface area contributed by atoms with Crippen molar-refractivity contribution < 1.29 is 19.1 Å². The molecule has 2 aliphatic rings. The summed E-state index contributed by atoms with van der Waals surface area (Å²) in [6.07, 6.45) is 0.865. The predicted octanol–water partition coefficient (Wildman–Crippen LogP) is 0.681. The summed E-state index contributed by atoms with van der Waals surface area (Å²) in [7, 11) is 0. The summed E-state index contributed by atoms with van der Waals surface area (Å²) in [4.78, 5) is 46.7. The molecule has 0 spiro atoms. The lowest BCUT2D eigenvalue weighted by Crippen LogP contribution is -2.54. The van der Waals surface area contributed by atoms with Crippen molar-refractivity contribution >= 4 is 28.9 Å². The summed E-state index contributed by atoms with van der Waals surface area (Å²) in [6, 6.07) is 7.35. The fraction of sp³-hybridized carbons (Fsp3) is 0.312. The largest absolute Gasteiger partial charge is 0.439 e. The van der Waals surface area contributed by atoms with Gasteiger partial charge in [-0.1, -0.05) is 12.1 Å². The number of nitrogens with zero attached hydrogens (tertiary/aromatic N) is 4. The van der Waals surface area contributed by atoms with Crippen molar-refractivity contribution in [2.45, 2.75) is 0 Å². The number of fused-ring (bicyclic) bond motifs is 1. The van der Waals surface area contributed by atoms with Crippen LogP contribution in [-0.4, -0.2) is 63.9 Å². The third-order valence-corrected chi connectivity index (χ3v) is 4.19. The second-order valence-corrected chi connectivity index (χ2v) is 5.88. The number of hydrogen-bond donors (Lipinski definition) is 0. The average molecular weight is 326 g/mol. The Morgan fingerprint density at radius 3 is 2.67 bits per heavy atom. The molecular formula is C16H14N4O4. The van der Waals surface area contributed by atoms with E-state index in [0.29, 0.717) is 24.3 Å². The number of imide groups is 1. The molecule has 3 amide bonds. The normalized spacial score (nSPS) is 18.0. The molecule has 0 saturated carbocycles. The van der Waals surface area contributed by atoms with Crippen LogP contribution in [0.3, 0.4) is 0 Å². The van der Waals surface area contributed by atoms with Gasteiger partial charge in [-0.05, 0) is 12.1 Å². The lowest BCUT2D eigenvalue weighted by atomic mass is 9.99. The lowest BCUT2D eigenvalue weighted by molar-refractivity contribution is -0.126. The maximum absolute atomic E-state index is 12.4. The predicted molar refractivity (Wildman–Crippen MR) is 82.0 cm³/mol. The average Bonchev–Trinajstić information content (AvgIpc) is 2.88. The van der Waals surface area contributed by atoms with Crippen LogP contribution in [-0.2, 0) is 9.53 Å². The maximum atomic E-state index is 12.4. The van der Waals surface area contributed by atoms with Crippen LogP contribution in [0.15, 0.2) is 30.5 Å². The van der Waals surface area contributed by atoms with Crippen LogP contribution >= 0.6 is 0 Å². The number of ether oxygens (including phenoxy) is 1. The number of hydrogen-bond acceptors (Lipinski definition) is 6. The van der Waals surface area contributed by atoms with Gasteiger partial charge in [-0.25, -0.2) is 14.7 Å². The smallest absolute Gasteiger partial charge is 0.417 e. The van der Waals surface area contributed by atoms with E-state index >= 15 is 0 Å². The SMILES string of the molecule is O=C(c1cnc2ccccc2n1)N1CC(CN2C(=O)COC2=O)C1. The van der Waals surface area contributed by atoms with Crippen molar-refractivity contribution in [3.8, 4) is 0 Å². The number of para-hydroxylation sites is 2. The molecule has 2 aromatic rings. The van der Waals surface area contributed by atoms with Crippen molar-refractivity contribution in [3.05, 3.63) is 36.2 Å². The number of carbonyl (C=O) groups excluding carboxylic acids is 3. The molecule has 0 unspecified atom stereocenters. The number of carbonyl (C=O) groups is 3. The summed E-state index contributed by atoms with van der Waals surface area (Å²) in [5, 5.41) is 0. The number of benzene rings is 1. The Hall–Kier alpha value is -3.03. The highest BCUT2D eigenvalue weighted by atomic mass is 16.6. The minimum Gasteiger partial charge on any atom is -0.439 e. The quantitative estimate of drug-likeness (QED) is 0.823. The van der Waals surface area contributed by atoms with E-state index in [1.54, 1.807) is 4.90 Å². The second kappa shape index (κ2) is 5.55. The first-order valence-electron chi connectivity index (χ1n) is 7.60. The first-order valence-corrected chi connectivity index (χ1v) is 7.60. The molecule has 8 nitrogen and oxygen atoms in total. The van der Waals surface area contributed by atoms with Crippen LogP contribution in [0.25, 0.3) is 11.0 Å². The van der Waals surface area contributed by atoms with Gasteiger partial charge in [0.2, 0.25) is 0 Å². The molecule has 2 saturated heterocycles. The maximum Gasteiger partial charge on any atom is 0.417 e. The van der Waals surface area contributed by atoms with E-state index in [1.807, 2.05) is 24.3 Å². The monoisotopic (exact) mass is 326 g/mol. The highest BCUT2D eigenvalue weighted by Crippen LogP contribution is 2.21. The third-order valence-electron chi connectivity index (χ3n) is 4.19. The summed E-state index contributed by atoms with van der Waals surface area (Å²) in [6.45, 7) is 1.04. The Morgan fingerprint density at radius 2 is 1.96 bits per heavy atom. The van der Waals surface area contributed by atoms with Crippen molar-refractivity contribution in [2.24, 2.45) is 5.92 Å². The van der Waals surface area contributed by atoms with Crippen molar-refractivity contribution in [1.82, 2.24) is 19.8 Å². The summed E-state index contributed by atoms with van der Waals surface area (Å²) >= 11 is 0. The zero-order valence-corrected chi connectivity index (χ0v) is 12.7. The van der Waals surface area contributed by atoms with Gasteiger partial charge >= 0.3 is 6.09 Å². The first kappa shape index (κ1) is 14.6. The summed E-state index contributed by atoms with van der Waals surface area (Å²) in [5.74, 6) is -0.457. The van der Waals surface area contributed by atoms with Gasteiger partial charge in [-0.15, -0.1) is 0 Å². The van der Waals surface area contributed by atoms with E-state index in [9.17, 15) is 14.4 Å². The molecule has 3 heterocycles. The number of likely N-dealkylation sites (tertiary alicyclic amines) is 1. The molecule has 0 N–H and O–H groups in total. The topological polar surface area (TPSA) is 92.7 Å². The minimum atomic E-state index is -0.606. The van der Waals surface area contributed by atoms with Crippen molar-refractivity contribution in [3.63, 3.8) is 0 Å². The fourth-order valence-corrected chi connectivity index (χ4v) is 2.89. The van der Waals surface area contributed by atoms with E-state index in [1.165, 1.54) is 6.20 Å². The van der Waals surface area contributed by atoms with Gasteiger partial charge in [0.25, 0.3) is 11.8 Å². The Balaban J connectivity index is 1.40. The van der Waals surface area contributed by atoms with Gasteiger partial charge in [0.1, 0.15) is 5.69 Å². The highest BCUT2D eigenvalue weighted by Gasteiger charge is 2.38. The van der Waals surface area contributed by atoms with Crippen LogP contribution in [0.1, 0.15) is 10.5 Å². The zero-order valence-electron chi connectivity index (χ0n) is 12.7. The van der Waals surface area contributed by atoms with Gasteiger partial charge in [0.15, 0.2) is 6.61 Å². The minimum absolute atomic E-state index is 0.0666. The standard InChI is InChI=1S/C16H14N4O4/c21-14-9-24-16(23)20(14)8-10-6-19(7-10)15(22)13-5-17-11-3-1-2-4-12(11)18-13/h1-5,10H,6-9H2. The first-order chi connectivity index (χ1) is 11.6. The highest BCUT2D eigenvalue weighted by molar-refractivity contribution is 5.98. The van der Waals surface area contributed by atoms with Crippen LogP contribution < -0.4 is 0 Å². The van der Waals surface area contributed by atoms with E-state index in [-0.39, 0.29) is 30.9 Å². The van der Waals surface area contributed by atoms with Crippen molar-refractivity contribution in [2.75, 3.05) is 26.2 Å². The van der Waals surface area contributed by atoms with E-state index in [2.05, 4.69) is 14.7 Å². The molecule has 2 fully saturated rings. The molecule has 8 heteroatoms. The molecule has 4 rings (SSSR count). The number of aromatic nitrogens is 2. The summed E-state index contributed by atoms with van der Waals surface area (Å²) in [5.41, 5.74) is 1.70. The molecule has 1 aromatic heterocycles. The molecule has 0 atom stereocenters. The fourth-order valence-electron chi connectivity index (χ4n) is 2.89. The Morgan fingerprint density at radius 1 is 1.21 bits per heavy atom. The third kappa shape index (κ3) is 2.45. The molecule has 0 bridgehead atoms. The number of rotatable bonds is 3. The Kier molecular flexibility index (Phi) is 3.37. The molecular weight excluding hydrogens is 312 g/mol. The van der Waals surface area contributed by atoms with Crippen LogP contribution in [0.4, 0.5) is 4.79 Å². The summed E-state index contributed by atoms with van der Waals surface area (Å²) < 4.78 is 4.67. The lowest BCUT2D eigenvalue weighted by Gasteiger charge is -2.39. The van der Waals surface area contributed by atoms with Crippen LogP contribution in [0, 0.1) is 5.92 Å². The molecule has 24 heavy (non-hydrogen) atoms. The van der Waals surface area contributed by atoms with E-state index < -0.39 is 6.09 Å². The van der Waals surface area contributed by atoms with E-state index in [0.717, 1.165) is 10.4 Å². The molecule has 2 aliphatic heterocycles. The van der Waals surface area contributed by atoms with E-state index in [4.69, 9.17) is 0 Å². The van der Waals surface area contributed by atoms with Gasteiger partial charge in [0.05, 0.1) is 17.2 Å².